The number of carbonyl (C=O) groups is 2. The lowest BCUT2D eigenvalue weighted by Crippen LogP contribution is -2.33. The second-order valence-electron chi connectivity index (χ2n) is 4.96. The number of hydrogen-bond acceptors (Lipinski definition) is 4. The molecule has 2 amide bonds. The number of amides is 2. The maximum absolute atomic E-state index is 11.8. The molecular weight excluding hydrogens is 308 g/mol. The van der Waals surface area contributed by atoms with Crippen LogP contribution in [0.15, 0.2) is 54.6 Å². The average Bonchev–Trinajstić information content (AvgIpc) is 2.61. The van der Waals surface area contributed by atoms with Gasteiger partial charge < -0.3 is 20.1 Å². The van der Waals surface area contributed by atoms with Crippen LogP contribution in [-0.2, 0) is 9.59 Å². The minimum atomic E-state index is -0.294. The molecule has 0 aliphatic carbocycles. The zero-order chi connectivity index (χ0) is 17.2. The SMILES string of the molecule is COc1ccc(NC(=O)CNC(=O)CCOc2ccccc2)cc1. The van der Waals surface area contributed by atoms with Crippen LogP contribution in [0.25, 0.3) is 0 Å². The Hall–Kier alpha value is -3.02. The van der Waals surface area contributed by atoms with Crippen molar-refractivity contribution in [2.45, 2.75) is 6.42 Å². The number of anilines is 1. The zero-order valence-electron chi connectivity index (χ0n) is 13.5. The second-order valence-corrected chi connectivity index (χ2v) is 4.96. The normalized spacial score (nSPS) is 9.88. The van der Waals surface area contributed by atoms with Gasteiger partial charge >= 0.3 is 0 Å². The van der Waals surface area contributed by atoms with E-state index in [9.17, 15) is 9.59 Å². The summed E-state index contributed by atoms with van der Waals surface area (Å²) in [6.45, 7) is 0.173. The third-order valence-electron chi connectivity index (χ3n) is 3.16. The van der Waals surface area contributed by atoms with Crippen molar-refractivity contribution < 1.29 is 19.1 Å². The molecule has 0 saturated carbocycles. The molecule has 0 atom stereocenters. The third-order valence-corrected chi connectivity index (χ3v) is 3.16. The van der Waals surface area contributed by atoms with Gasteiger partial charge in [-0.25, -0.2) is 0 Å². The Bertz CT molecular complexity index is 656. The zero-order valence-corrected chi connectivity index (χ0v) is 13.5. The fourth-order valence-corrected chi connectivity index (χ4v) is 1.93. The fraction of sp³-hybridized carbons (Fsp3) is 0.222. The van der Waals surface area contributed by atoms with Crippen molar-refractivity contribution in [3.63, 3.8) is 0 Å². The summed E-state index contributed by atoms with van der Waals surface area (Å²) in [5.41, 5.74) is 0.641. The highest BCUT2D eigenvalue weighted by Gasteiger charge is 2.06. The predicted octanol–water partition coefficient (Wildman–Crippen LogP) is 2.22. The summed E-state index contributed by atoms with van der Waals surface area (Å²) in [4.78, 5) is 23.5. The highest BCUT2D eigenvalue weighted by Crippen LogP contribution is 2.14. The van der Waals surface area contributed by atoms with Crippen LogP contribution >= 0.6 is 0 Å². The number of rotatable bonds is 8. The number of methoxy groups -OCH3 is 1. The molecule has 2 aromatic rings. The van der Waals surface area contributed by atoms with Crippen molar-refractivity contribution in [2.24, 2.45) is 0 Å². The molecule has 6 heteroatoms. The Balaban J connectivity index is 1.64. The molecule has 0 unspecified atom stereocenters. The highest BCUT2D eigenvalue weighted by atomic mass is 16.5. The van der Waals surface area contributed by atoms with E-state index in [2.05, 4.69) is 10.6 Å². The number of ether oxygens (including phenoxy) is 2. The molecule has 2 N–H and O–H groups in total. The van der Waals surface area contributed by atoms with Crippen molar-refractivity contribution in [3.8, 4) is 11.5 Å². The van der Waals surface area contributed by atoms with Crippen LogP contribution in [0.2, 0.25) is 0 Å². The van der Waals surface area contributed by atoms with E-state index in [4.69, 9.17) is 9.47 Å². The summed E-state index contributed by atoms with van der Waals surface area (Å²) in [7, 11) is 1.57. The lowest BCUT2D eigenvalue weighted by Gasteiger charge is -2.08. The quantitative estimate of drug-likeness (QED) is 0.779. The number of para-hydroxylation sites is 1. The molecule has 126 valence electrons. The molecule has 2 aromatic carbocycles. The summed E-state index contributed by atoms with van der Waals surface area (Å²) in [6, 6.07) is 16.2. The topological polar surface area (TPSA) is 76.7 Å². The molecule has 0 aliphatic rings. The average molecular weight is 328 g/mol. The molecule has 24 heavy (non-hydrogen) atoms. The van der Waals surface area contributed by atoms with Crippen LogP contribution in [0.1, 0.15) is 6.42 Å². The Morgan fingerprint density at radius 1 is 0.917 bits per heavy atom. The van der Waals surface area contributed by atoms with E-state index in [-0.39, 0.29) is 31.4 Å². The van der Waals surface area contributed by atoms with E-state index >= 15 is 0 Å². The Kier molecular flexibility index (Phi) is 6.64. The van der Waals surface area contributed by atoms with Gasteiger partial charge in [-0.15, -0.1) is 0 Å². The van der Waals surface area contributed by atoms with Crippen LogP contribution < -0.4 is 20.1 Å². The van der Waals surface area contributed by atoms with Gasteiger partial charge in [-0.1, -0.05) is 18.2 Å². The van der Waals surface area contributed by atoms with Crippen LogP contribution in [-0.4, -0.2) is 32.1 Å². The minimum absolute atomic E-state index is 0.0871. The molecule has 0 heterocycles. The largest absolute Gasteiger partial charge is 0.497 e. The molecular formula is C18H20N2O4. The molecule has 6 nitrogen and oxygen atoms in total. The van der Waals surface area contributed by atoms with Crippen molar-refractivity contribution in [3.05, 3.63) is 54.6 Å². The molecule has 0 fully saturated rings. The summed E-state index contributed by atoms with van der Waals surface area (Å²) in [5, 5.41) is 5.25. The maximum Gasteiger partial charge on any atom is 0.243 e. The first-order valence-electron chi connectivity index (χ1n) is 7.56. The van der Waals surface area contributed by atoms with Gasteiger partial charge in [0.15, 0.2) is 0 Å². The van der Waals surface area contributed by atoms with E-state index in [1.807, 2.05) is 30.3 Å². The number of carbonyl (C=O) groups excluding carboxylic acids is 2. The number of hydrogen-bond donors (Lipinski definition) is 2. The predicted molar refractivity (Wildman–Crippen MR) is 91.2 cm³/mol. The van der Waals surface area contributed by atoms with Gasteiger partial charge in [0.05, 0.1) is 26.7 Å². The first-order chi connectivity index (χ1) is 11.7. The van der Waals surface area contributed by atoms with Gasteiger partial charge in [0.2, 0.25) is 11.8 Å². The molecule has 2 rings (SSSR count). The van der Waals surface area contributed by atoms with Crippen molar-refractivity contribution in [2.75, 3.05) is 25.6 Å². The van der Waals surface area contributed by atoms with Crippen LogP contribution in [0.3, 0.4) is 0 Å². The van der Waals surface area contributed by atoms with Gasteiger partial charge in [0, 0.05) is 5.69 Å². The van der Waals surface area contributed by atoms with Crippen LogP contribution in [0.5, 0.6) is 11.5 Å². The number of benzene rings is 2. The van der Waals surface area contributed by atoms with E-state index < -0.39 is 0 Å². The van der Waals surface area contributed by atoms with Gasteiger partial charge in [-0.3, -0.25) is 9.59 Å². The molecule has 0 saturated heterocycles. The van der Waals surface area contributed by atoms with Crippen molar-refractivity contribution >= 4 is 17.5 Å². The Labute approximate surface area is 140 Å². The number of nitrogens with one attached hydrogen (secondary N) is 2. The Morgan fingerprint density at radius 2 is 1.62 bits per heavy atom. The molecule has 0 radical (unpaired) electrons. The van der Waals surface area contributed by atoms with Crippen LogP contribution in [0.4, 0.5) is 5.69 Å². The van der Waals surface area contributed by atoms with Crippen molar-refractivity contribution in [1.29, 1.82) is 0 Å². The summed E-state index contributed by atoms with van der Waals surface area (Å²) < 4.78 is 10.5. The standard InChI is InChI=1S/C18H20N2O4/c1-23-15-9-7-14(8-10-15)20-18(22)13-19-17(21)11-12-24-16-5-3-2-4-6-16/h2-10H,11-13H2,1H3,(H,19,21)(H,20,22). The van der Waals surface area contributed by atoms with E-state index in [1.165, 1.54) is 0 Å². The van der Waals surface area contributed by atoms with Gasteiger partial charge in [0.25, 0.3) is 0 Å². The van der Waals surface area contributed by atoms with Gasteiger partial charge in [-0.2, -0.15) is 0 Å². The lowest BCUT2D eigenvalue weighted by atomic mass is 10.3. The maximum atomic E-state index is 11.8. The van der Waals surface area contributed by atoms with Crippen LogP contribution in [0, 0.1) is 0 Å². The van der Waals surface area contributed by atoms with Gasteiger partial charge in [-0.05, 0) is 36.4 Å². The first kappa shape index (κ1) is 17.3. The smallest absolute Gasteiger partial charge is 0.243 e. The lowest BCUT2D eigenvalue weighted by molar-refractivity contribution is -0.124. The van der Waals surface area contributed by atoms with Gasteiger partial charge in [0.1, 0.15) is 11.5 Å². The fourth-order valence-electron chi connectivity index (χ4n) is 1.93. The first-order valence-corrected chi connectivity index (χ1v) is 7.56. The second kappa shape index (κ2) is 9.19. The van der Waals surface area contributed by atoms with E-state index in [0.29, 0.717) is 17.2 Å². The molecule has 0 spiro atoms. The molecule has 0 bridgehead atoms. The van der Waals surface area contributed by atoms with E-state index in [0.717, 1.165) is 0 Å². The summed E-state index contributed by atoms with van der Waals surface area (Å²) in [5.74, 6) is 0.885. The monoisotopic (exact) mass is 328 g/mol. The third kappa shape index (κ3) is 6.00. The Morgan fingerprint density at radius 3 is 2.29 bits per heavy atom. The molecule has 0 aromatic heterocycles. The molecule has 0 aliphatic heterocycles. The minimum Gasteiger partial charge on any atom is -0.497 e. The van der Waals surface area contributed by atoms with Crippen molar-refractivity contribution in [1.82, 2.24) is 5.32 Å². The highest BCUT2D eigenvalue weighted by molar-refractivity contribution is 5.94. The summed E-state index contributed by atoms with van der Waals surface area (Å²) >= 11 is 0. The summed E-state index contributed by atoms with van der Waals surface area (Å²) in [6.07, 6.45) is 0.185. The van der Waals surface area contributed by atoms with E-state index in [1.54, 1.807) is 31.4 Å².